The standard InChI is InChI=1S/C14H13N5S/c1-4-15-5-2-10(1)11-9-13-16-6-3-12(19(13)18-11)14-17-7-8-20-14/h1-2,4-5,7-9,12,16H,3,6H2. The molecule has 1 aliphatic heterocycles. The van der Waals surface area contributed by atoms with E-state index in [1.165, 1.54) is 0 Å². The molecule has 1 unspecified atom stereocenters. The molecule has 0 amide bonds. The maximum atomic E-state index is 4.75. The zero-order chi connectivity index (χ0) is 13.4. The van der Waals surface area contributed by atoms with Crippen molar-refractivity contribution in [3.63, 3.8) is 0 Å². The summed E-state index contributed by atoms with van der Waals surface area (Å²) in [4.78, 5) is 8.49. The lowest BCUT2D eigenvalue weighted by Crippen LogP contribution is -2.24. The first-order valence-electron chi connectivity index (χ1n) is 6.55. The van der Waals surface area contributed by atoms with Gasteiger partial charge >= 0.3 is 0 Å². The van der Waals surface area contributed by atoms with Crippen LogP contribution in [0.5, 0.6) is 0 Å². The average Bonchev–Trinajstić information content (AvgIpc) is 3.17. The van der Waals surface area contributed by atoms with E-state index in [4.69, 9.17) is 5.10 Å². The van der Waals surface area contributed by atoms with Crippen LogP contribution in [-0.4, -0.2) is 26.3 Å². The van der Waals surface area contributed by atoms with Gasteiger partial charge in [-0.1, -0.05) is 0 Å². The Morgan fingerprint density at radius 3 is 2.95 bits per heavy atom. The number of aromatic nitrogens is 4. The lowest BCUT2D eigenvalue weighted by molar-refractivity contribution is 0.481. The zero-order valence-electron chi connectivity index (χ0n) is 10.7. The molecule has 1 atom stereocenters. The lowest BCUT2D eigenvalue weighted by Gasteiger charge is -2.23. The highest BCUT2D eigenvalue weighted by Gasteiger charge is 2.25. The number of hydrogen-bond donors (Lipinski definition) is 1. The normalized spacial score (nSPS) is 17.5. The van der Waals surface area contributed by atoms with Crippen molar-refractivity contribution >= 4 is 17.2 Å². The number of fused-ring (bicyclic) bond motifs is 1. The molecule has 4 rings (SSSR count). The maximum Gasteiger partial charge on any atom is 0.125 e. The third-order valence-corrected chi connectivity index (χ3v) is 4.34. The molecule has 0 aromatic carbocycles. The molecular weight excluding hydrogens is 270 g/mol. The highest BCUT2D eigenvalue weighted by atomic mass is 32.1. The highest BCUT2D eigenvalue weighted by Crippen LogP contribution is 2.33. The largest absolute Gasteiger partial charge is 0.370 e. The summed E-state index contributed by atoms with van der Waals surface area (Å²) in [6, 6.07) is 6.29. The van der Waals surface area contributed by atoms with Gasteiger partial charge in [-0.15, -0.1) is 11.3 Å². The van der Waals surface area contributed by atoms with Gasteiger partial charge in [0.05, 0.1) is 5.69 Å². The molecule has 0 aliphatic carbocycles. The zero-order valence-corrected chi connectivity index (χ0v) is 11.5. The van der Waals surface area contributed by atoms with Gasteiger partial charge in [0.1, 0.15) is 16.9 Å². The first-order chi connectivity index (χ1) is 9.92. The summed E-state index contributed by atoms with van der Waals surface area (Å²) in [6.45, 7) is 0.950. The second kappa shape index (κ2) is 4.72. The van der Waals surface area contributed by atoms with Crippen molar-refractivity contribution in [2.45, 2.75) is 12.5 Å². The smallest absolute Gasteiger partial charge is 0.125 e. The second-order valence-electron chi connectivity index (χ2n) is 4.70. The Morgan fingerprint density at radius 2 is 2.15 bits per heavy atom. The van der Waals surface area contributed by atoms with Crippen LogP contribution >= 0.6 is 11.3 Å². The van der Waals surface area contributed by atoms with Crippen LogP contribution in [0.15, 0.2) is 42.2 Å². The van der Waals surface area contributed by atoms with E-state index in [1.54, 1.807) is 23.7 Å². The van der Waals surface area contributed by atoms with E-state index in [0.717, 1.165) is 35.0 Å². The maximum absolute atomic E-state index is 4.75. The van der Waals surface area contributed by atoms with E-state index < -0.39 is 0 Å². The molecule has 20 heavy (non-hydrogen) atoms. The fourth-order valence-corrected chi connectivity index (χ4v) is 3.27. The summed E-state index contributed by atoms with van der Waals surface area (Å²) in [5, 5.41) is 11.3. The molecule has 0 bridgehead atoms. The first kappa shape index (κ1) is 11.6. The van der Waals surface area contributed by atoms with Crippen molar-refractivity contribution in [3.05, 3.63) is 47.2 Å². The van der Waals surface area contributed by atoms with Gasteiger partial charge in [0, 0.05) is 42.1 Å². The molecule has 100 valence electrons. The van der Waals surface area contributed by atoms with Gasteiger partial charge in [-0.25, -0.2) is 9.67 Å². The molecule has 0 fully saturated rings. The highest BCUT2D eigenvalue weighted by molar-refractivity contribution is 7.09. The number of hydrogen-bond acceptors (Lipinski definition) is 5. The van der Waals surface area contributed by atoms with Crippen LogP contribution in [0.25, 0.3) is 11.3 Å². The predicted molar refractivity (Wildman–Crippen MR) is 78.8 cm³/mol. The van der Waals surface area contributed by atoms with E-state index in [0.29, 0.717) is 0 Å². The first-order valence-corrected chi connectivity index (χ1v) is 7.43. The van der Waals surface area contributed by atoms with Gasteiger partial charge in [-0.2, -0.15) is 5.10 Å². The van der Waals surface area contributed by atoms with Gasteiger partial charge in [-0.05, 0) is 18.6 Å². The molecule has 5 nitrogen and oxygen atoms in total. The molecule has 0 spiro atoms. The predicted octanol–water partition coefficient (Wildman–Crippen LogP) is 2.81. The molecule has 1 aliphatic rings. The van der Waals surface area contributed by atoms with Crippen LogP contribution in [-0.2, 0) is 0 Å². The number of pyridine rings is 1. The summed E-state index contributed by atoms with van der Waals surface area (Å²) < 4.78 is 2.05. The van der Waals surface area contributed by atoms with E-state index in [9.17, 15) is 0 Å². The lowest BCUT2D eigenvalue weighted by atomic mass is 10.2. The number of nitrogens with zero attached hydrogens (tertiary/aromatic N) is 4. The van der Waals surface area contributed by atoms with Crippen LogP contribution in [0.3, 0.4) is 0 Å². The van der Waals surface area contributed by atoms with Crippen molar-refractivity contribution in [2.24, 2.45) is 0 Å². The third kappa shape index (κ3) is 1.89. The second-order valence-corrected chi connectivity index (χ2v) is 5.62. The number of rotatable bonds is 2. The van der Waals surface area contributed by atoms with Gasteiger partial charge in [0.15, 0.2) is 0 Å². The van der Waals surface area contributed by atoms with Crippen molar-refractivity contribution in [3.8, 4) is 11.3 Å². The van der Waals surface area contributed by atoms with E-state index in [-0.39, 0.29) is 6.04 Å². The Hall–Kier alpha value is -2.21. The Labute approximate surface area is 120 Å². The molecule has 6 heteroatoms. The Morgan fingerprint density at radius 1 is 1.25 bits per heavy atom. The molecule has 3 aromatic heterocycles. The van der Waals surface area contributed by atoms with Gasteiger partial charge < -0.3 is 5.32 Å². The van der Waals surface area contributed by atoms with Crippen molar-refractivity contribution < 1.29 is 0 Å². The van der Waals surface area contributed by atoms with E-state index in [1.807, 2.05) is 23.7 Å². The van der Waals surface area contributed by atoms with Crippen LogP contribution in [0, 0.1) is 0 Å². The topological polar surface area (TPSA) is 55.6 Å². The van der Waals surface area contributed by atoms with Crippen LogP contribution in [0.1, 0.15) is 17.5 Å². The Balaban J connectivity index is 1.78. The summed E-state index contributed by atoms with van der Waals surface area (Å²) >= 11 is 1.69. The molecular formula is C14H13N5S. The van der Waals surface area contributed by atoms with Gasteiger partial charge in [-0.3, -0.25) is 4.98 Å². The quantitative estimate of drug-likeness (QED) is 0.785. The minimum Gasteiger partial charge on any atom is -0.370 e. The summed E-state index contributed by atoms with van der Waals surface area (Å²) in [5.74, 6) is 1.06. The summed E-state index contributed by atoms with van der Waals surface area (Å²) in [7, 11) is 0. The summed E-state index contributed by atoms with van der Waals surface area (Å²) in [6.07, 6.45) is 6.45. The molecule has 1 N–H and O–H groups in total. The van der Waals surface area contributed by atoms with Crippen LogP contribution in [0.4, 0.5) is 5.82 Å². The van der Waals surface area contributed by atoms with Crippen LogP contribution in [0.2, 0.25) is 0 Å². The van der Waals surface area contributed by atoms with E-state index in [2.05, 4.69) is 26.0 Å². The van der Waals surface area contributed by atoms with Crippen molar-refractivity contribution in [1.82, 2.24) is 19.7 Å². The average molecular weight is 283 g/mol. The SMILES string of the molecule is c1cc(-c2cc3n(n2)C(c2nccs2)CCN3)ccn1. The minimum atomic E-state index is 0.238. The summed E-state index contributed by atoms with van der Waals surface area (Å²) in [5.41, 5.74) is 2.06. The third-order valence-electron chi connectivity index (χ3n) is 3.47. The number of nitrogens with one attached hydrogen (secondary N) is 1. The molecule has 3 aromatic rings. The molecule has 4 heterocycles. The Bertz CT molecular complexity index is 705. The minimum absolute atomic E-state index is 0.238. The van der Waals surface area contributed by atoms with Crippen molar-refractivity contribution in [1.29, 1.82) is 0 Å². The number of anilines is 1. The molecule has 0 radical (unpaired) electrons. The molecule has 0 saturated heterocycles. The van der Waals surface area contributed by atoms with Gasteiger partial charge in [0.25, 0.3) is 0 Å². The fraction of sp³-hybridized carbons (Fsp3) is 0.214. The number of thiazole rings is 1. The molecule has 0 saturated carbocycles. The Kier molecular flexibility index (Phi) is 2.74. The fourth-order valence-electron chi connectivity index (χ4n) is 2.51. The van der Waals surface area contributed by atoms with Crippen LogP contribution < -0.4 is 5.32 Å². The van der Waals surface area contributed by atoms with Crippen molar-refractivity contribution in [2.75, 3.05) is 11.9 Å². The van der Waals surface area contributed by atoms with E-state index >= 15 is 0 Å². The monoisotopic (exact) mass is 283 g/mol. The van der Waals surface area contributed by atoms with Gasteiger partial charge in [0.2, 0.25) is 0 Å².